The average Bonchev–Trinajstić information content (AvgIpc) is 2.88. The largest absolute Gasteiger partial charge is 0.393 e. The van der Waals surface area contributed by atoms with Gasteiger partial charge in [0.15, 0.2) is 0 Å². The van der Waals surface area contributed by atoms with Crippen LogP contribution in [0.2, 0.25) is 0 Å². The number of aliphatic hydroxyl groups is 1. The highest BCUT2D eigenvalue weighted by molar-refractivity contribution is 5.88. The Labute approximate surface area is 186 Å². The molecule has 0 amide bonds. The van der Waals surface area contributed by atoms with Gasteiger partial charge in [0, 0.05) is 17.8 Å². The van der Waals surface area contributed by atoms with Gasteiger partial charge >= 0.3 is 0 Å². The minimum absolute atomic E-state index is 0.235. The van der Waals surface area contributed by atoms with Gasteiger partial charge in [-0.15, -0.1) is 6.58 Å². The summed E-state index contributed by atoms with van der Waals surface area (Å²) in [7, 11) is 0. The number of hydrogen-bond acceptors (Lipinski definition) is 1. The average molecular weight is 420 g/mol. The van der Waals surface area contributed by atoms with Crippen molar-refractivity contribution in [2.45, 2.75) is 65.0 Å². The third-order valence-electron chi connectivity index (χ3n) is 5.82. The summed E-state index contributed by atoms with van der Waals surface area (Å²) in [6.07, 6.45) is 15.2. The molecule has 0 unspecified atom stereocenters. The van der Waals surface area contributed by atoms with Gasteiger partial charge in [0.25, 0.3) is 0 Å². The first-order valence-electron chi connectivity index (χ1n) is 11.3. The van der Waals surface area contributed by atoms with Gasteiger partial charge in [-0.2, -0.15) is 0 Å². The van der Waals surface area contributed by atoms with Crippen molar-refractivity contribution >= 4 is 5.57 Å². The molecule has 0 saturated heterocycles. The van der Waals surface area contributed by atoms with Gasteiger partial charge < -0.3 is 9.67 Å². The zero-order chi connectivity index (χ0) is 22.4. The van der Waals surface area contributed by atoms with E-state index in [-0.39, 0.29) is 5.82 Å². The molecule has 1 aromatic carbocycles. The van der Waals surface area contributed by atoms with E-state index in [0.29, 0.717) is 25.3 Å². The van der Waals surface area contributed by atoms with Crippen molar-refractivity contribution in [3.05, 3.63) is 89.9 Å². The van der Waals surface area contributed by atoms with E-state index in [1.165, 1.54) is 34.5 Å². The summed E-state index contributed by atoms with van der Waals surface area (Å²) in [6.45, 7) is 11.1. The first kappa shape index (κ1) is 23.0. The normalized spacial score (nSPS) is 14.6. The second-order valence-electron chi connectivity index (χ2n) is 8.41. The van der Waals surface area contributed by atoms with Gasteiger partial charge in [-0.1, -0.05) is 57.2 Å². The fraction of sp³-hybridized carbons (Fsp3) is 0.357. The van der Waals surface area contributed by atoms with Crippen molar-refractivity contribution in [1.29, 1.82) is 0 Å². The molecule has 0 fully saturated rings. The monoisotopic (exact) mass is 419 g/mol. The zero-order valence-corrected chi connectivity index (χ0v) is 18.9. The molecule has 3 heteroatoms. The minimum Gasteiger partial charge on any atom is -0.393 e. The van der Waals surface area contributed by atoms with Gasteiger partial charge in [0.05, 0.1) is 11.8 Å². The van der Waals surface area contributed by atoms with Crippen molar-refractivity contribution in [2.75, 3.05) is 0 Å². The van der Waals surface area contributed by atoms with E-state index in [9.17, 15) is 9.50 Å². The maximum atomic E-state index is 13.7. The van der Waals surface area contributed by atoms with Crippen molar-refractivity contribution in [3.8, 4) is 11.3 Å². The van der Waals surface area contributed by atoms with Crippen LogP contribution in [-0.4, -0.2) is 15.8 Å². The molecule has 0 radical (unpaired) electrons. The highest BCUT2D eigenvalue weighted by Crippen LogP contribution is 2.41. The van der Waals surface area contributed by atoms with Crippen LogP contribution in [0.3, 0.4) is 0 Å². The third kappa shape index (κ3) is 5.16. The third-order valence-corrected chi connectivity index (χ3v) is 5.82. The predicted molar refractivity (Wildman–Crippen MR) is 130 cm³/mol. The lowest BCUT2D eigenvalue weighted by Crippen LogP contribution is -2.14. The lowest BCUT2D eigenvalue weighted by molar-refractivity contribution is 0.161. The Morgan fingerprint density at radius 2 is 1.94 bits per heavy atom. The van der Waals surface area contributed by atoms with Crippen molar-refractivity contribution in [2.24, 2.45) is 0 Å². The van der Waals surface area contributed by atoms with E-state index in [1.54, 1.807) is 6.08 Å². The summed E-state index contributed by atoms with van der Waals surface area (Å²) in [5.41, 5.74) is 7.14. The number of hydrogen-bond donors (Lipinski definition) is 1. The summed E-state index contributed by atoms with van der Waals surface area (Å²) >= 11 is 0. The molecule has 1 heterocycles. The van der Waals surface area contributed by atoms with E-state index in [0.717, 1.165) is 24.1 Å². The summed E-state index contributed by atoms with van der Waals surface area (Å²) in [5, 5.41) is 10.4. The van der Waals surface area contributed by atoms with Crippen LogP contribution in [0.25, 0.3) is 16.8 Å². The molecule has 1 aromatic heterocycles. The van der Waals surface area contributed by atoms with Gasteiger partial charge in [-0.25, -0.2) is 4.39 Å². The quantitative estimate of drug-likeness (QED) is 0.427. The molecule has 0 spiro atoms. The Hall–Kier alpha value is -2.65. The molecule has 3 rings (SSSR count). The first-order chi connectivity index (χ1) is 15.0. The Morgan fingerprint density at radius 3 is 2.58 bits per heavy atom. The molecule has 1 aliphatic rings. The van der Waals surface area contributed by atoms with E-state index in [4.69, 9.17) is 0 Å². The second-order valence-corrected chi connectivity index (χ2v) is 8.41. The Kier molecular flexibility index (Phi) is 7.86. The van der Waals surface area contributed by atoms with E-state index in [1.807, 2.05) is 12.1 Å². The molecule has 2 nitrogen and oxygen atoms in total. The Balaban J connectivity index is 2.28. The van der Waals surface area contributed by atoms with Gasteiger partial charge in [0.1, 0.15) is 5.82 Å². The molecule has 164 valence electrons. The van der Waals surface area contributed by atoms with Crippen LogP contribution in [0.1, 0.15) is 62.8 Å². The van der Waals surface area contributed by atoms with Crippen LogP contribution in [0, 0.1) is 5.82 Å². The number of allylic oxidation sites excluding steroid dienone is 6. The molecule has 2 aromatic rings. The molecule has 31 heavy (non-hydrogen) atoms. The van der Waals surface area contributed by atoms with Gasteiger partial charge in [0.2, 0.25) is 0 Å². The van der Waals surface area contributed by atoms with Crippen molar-refractivity contribution < 1.29 is 9.50 Å². The van der Waals surface area contributed by atoms with E-state index >= 15 is 0 Å². The Bertz CT molecular complexity index is 989. The summed E-state index contributed by atoms with van der Waals surface area (Å²) in [6, 6.07) is 6.79. The van der Waals surface area contributed by atoms with Crippen molar-refractivity contribution in [3.63, 3.8) is 0 Å². The van der Waals surface area contributed by atoms with Crippen LogP contribution in [-0.2, 0) is 13.0 Å². The molecule has 1 aliphatic carbocycles. The number of halogens is 1. The SMILES string of the molecule is C=CC[C@H](O)CCn1c(-c2ccc(F)cc2)c(C2=CC=CCC=C2)c(CC)c1C(C)C. The highest BCUT2D eigenvalue weighted by atomic mass is 19.1. The minimum atomic E-state index is -0.422. The lowest BCUT2D eigenvalue weighted by atomic mass is 9.93. The molecule has 0 aliphatic heterocycles. The molecular weight excluding hydrogens is 385 g/mol. The molecule has 0 bridgehead atoms. The summed E-state index contributed by atoms with van der Waals surface area (Å²) in [5.74, 6) is 0.0893. The fourth-order valence-electron chi connectivity index (χ4n) is 4.49. The summed E-state index contributed by atoms with van der Waals surface area (Å²) < 4.78 is 16.1. The fourth-order valence-corrected chi connectivity index (χ4v) is 4.49. The van der Waals surface area contributed by atoms with Crippen LogP contribution in [0.4, 0.5) is 4.39 Å². The highest BCUT2D eigenvalue weighted by Gasteiger charge is 2.26. The number of rotatable bonds is 9. The molecular formula is C28H34FNO. The van der Waals surface area contributed by atoms with Crippen LogP contribution in [0.5, 0.6) is 0 Å². The second kappa shape index (κ2) is 10.6. The van der Waals surface area contributed by atoms with E-state index in [2.05, 4.69) is 62.3 Å². The van der Waals surface area contributed by atoms with Crippen LogP contribution in [0.15, 0.2) is 67.3 Å². The van der Waals surface area contributed by atoms with Crippen LogP contribution < -0.4 is 0 Å². The maximum absolute atomic E-state index is 13.7. The molecule has 1 atom stereocenters. The van der Waals surface area contributed by atoms with Crippen molar-refractivity contribution in [1.82, 2.24) is 4.57 Å². The van der Waals surface area contributed by atoms with E-state index < -0.39 is 6.10 Å². The Morgan fingerprint density at radius 1 is 1.19 bits per heavy atom. The predicted octanol–water partition coefficient (Wildman–Crippen LogP) is 7.21. The first-order valence-corrected chi connectivity index (χ1v) is 11.3. The lowest BCUT2D eigenvalue weighted by Gasteiger charge is -2.19. The number of aromatic nitrogens is 1. The number of aliphatic hydroxyl groups excluding tert-OH is 1. The molecule has 1 N–H and O–H groups in total. The molecule has 0 saturated carbocycles. The number of nitrogens with zero attached hydrogens (tertiary/aromatic N) is 1. The zero-order valence-electron chi connectivity index (χ0n) is 18.9. The summed E-state index contributed by atoms with van der Waals surface area (Å²) in [4.78, 5) is 0. The smallest absolute Gasteiger partial charge is 0.123 e. The topological polar surface area (TPSA) is 25.2 Å². The van der Waals surface area contributed by atoms with Gasteiger partial charge in [-0.05, 0) is 72.6 Å². The maximum Gasteiger partial charge on any atom is 0.123 e. The standard InChI is InChI=1S/C28H34FNO/c1-5-11-24(31)18-19-30-27(20(3)4)25(6-2)26(21-12-9-7-8-10-13-21)28(30)22-14-16-23(29)17-15-22/h5,7,9-10,12-17,20,24,31H,1,6,8,11,18-19H2,2-4H3/t24-/m0/s1. The van der Waals surface area contributed by atoms with Gasteiger partial charge in [-0.3, -0.25) is 0 Å². The van der Waals surface area contributed by atoms with Crippen LogP contribution >= 0.6 is 0 Å². The number of benzene rings is 1.